The monoisotopic (exact) mass is 133 g/mol. The average molecular weight is 133 g/mol. The van der Waals surface area contributed by atoms with Crippen LogP contribution < -0.4 is 5.73 Å². The van der Waals surface area contributed by atoms with E-state index in [4.69, 9.17) is 5.73 Å². The third kappa shape index (κ3) is 2.19. The molecule has 1 aromatic carbocycles. The summed E-state index contributed by atoms with van der Waals surface area (Å²) in [6.45, 7) is 0.287. The van der Waals surface area contributed by atoms with E-state index in [1.165, 1.54) is 5.56 Å². The van der Waals surface area contributed by atoms with E-state index in [-0.39, 0.29) is 6.54 Å². The van der Waals surface area contributed by atoms with Crippen LogP contribution >= 0.6 is 0 Å². The number of nitrogens with zero attached hydrogens (tertiary/aromatic N) is 1. The molecule has 0 N–H and O–H groups in total. The summed E-state index contributed by atoms with van der Waals surface area (Å²) < 4.78 is 0. The highest BCUT2D eigenvalue weighted by atomic mass is 14.5. The molecule has 0 unspecified atom stereocenters. The zero-order chi connectivity index (χ0) is 7.23. The predicted molar refractivity (Wildman–Crippen MR) is 41.8 cm³/mol. The van der Waals surface area contributed by atoms with Gasteiger partial charge in [0.15, 0.2) is 0 Å². The molecule has 0 heterocycles. The molecule has 0 aromatic heterocycles. The molecule has 0 atom stereocenters. The fourth-order valence-electron chi connectivity index (χ4n) is 0.928. The van der Waals surface area contributed by atoms with Crippen molar-refractivity contribution in [1.29, 1.82) is 0 Å². The predicted octanol–water partition coefficient (Wildman–Crippen LogP) is 1.69. The van der Waals surface area contributed by atoms with Crippen molar-refractivity contribution in [3.05, 3.63) is 35.9 Å². The SMILES string of the molecule is [N]CCCc1ccccc1. The van der Waals surface area contributed by atoms with E-state index in [1.54, 1.807) is 0 Å². The van der Waals surface area contributed by atoms with E-state index in [0.717, 1.165) is 12.8 Å². The standard InChI is InChI=1S/C9H11N/c10-8-4-7-9-5-2-1-3-6-9/h1-3,5-6H,4,7-8H2. The average Bonchev–Trinajstić information content (AvgIpc) is 2.03. The maximum absolute atomic E-state index is 8.53. The van der Waals surface area contributed by atoms with Gasteiger partial charge in [-0.2, -0.15) is 0 Å². The number of hydrogen-bond donors (Lipinski definition) is 0. The molecule has 10 heavy (non-hydrogen) atoms. The Hall–Kier alpha value is -0.820. The van der Waals surface area contributed by atoms with Crippen LogP contribution in [0.3, 0.4) is 0 Å². The molecule has 2 radical (unpaired) electrons. The van der Waals surface area contributed by atoms with E-state index in [9.17, 15) is 0 Å². The van der Waals surface area contributed by atoms with Crippen molar-refractivity contribution in [2.45, 2.75) is 12.8 Å². The Kier molecular flexibility index (Phi) is 2.97. The fourth-order valence-corrected chi connectivity index (χ4v) is 0.928. The Morgan fingerprint density at radius 2 is 1.80 bits per heavy atom. The van der Waals surface area contributed by atoms with Crippen LogP contribution in [0.4, 0.5) is 0 Å². The first-order valence-electron chi connectivity index (χ1n) is 3.58. The number of benzene rings is 1. The van der Waals surface area contributed by atoms with Crippen LogP contribution in [0.1, 0.15) is 12.0 Å². The highest BCUT2D eigenvalue weighted by Gasteiger charge is 1.88. The van der Waals surface area contributed by atoms with Gasteiger partial charge in [-0.15, -0.1) is 5.73 Å². The van der Waals surface area contributed by atoms with Crippen molar-refractivity contribution < 1.29 is 0 Å². The first-order chi connectivity index (χ1) is 4.93. The molecular formula is C9H11N. The van der Waals surface area contributed by atoms with Gasteiger partial charge < -0.3 is 0 Å². The lowest BCUT2D eigenvalue weighted by Crippen LogP contribution is -1.89. The van der Waals surface area contributed by atoms with E-state index >= 15 is 0 Å². The third-order valence-electron chi connectivity index (χ3n) is 1.47. The zero-order valence-corrected chi connectivity index (χ0v) is 5.96. The van der Waals surface area contributed by atoms with Gasteiger partial charge in [0.2, 0.25) is 0 Å². The summed E-state index contributed by atoms with van der Waals surface area (Å²) >= 11 is 0. The van der Waals surface area contributed by atoms with Crippen molar-refractivity contribution in [2.75, 3.05) is 6.54 Å². The lowest BCUT2D eigenvalue weighted by molar-refractivity contribution is 0.817. The molecule has 0 fully saturated rings. The van der Waals surface area contributed by atoms with Crippen LogP contribution in [0.2, 0.25) is 0 Å². The number of hydrogen-bond acceptors (Lipinski definition) is 0. The van der Waals surface area contributed by atoms with Gasteiger partial charge >= 0.3 is 0 Å². The molecule has 1 heteroatoms. The quantitative estimate of drug-likeness (QED) is 0.598. The van der Waals surface area contributed by atoms with Gasteiger partial charge in [-0.05, 0) is 18.4 Å². The fraction of sp³-hybridized carbons (Fsp3) is 0.333. The molecule has 0 saturated heterocycles. The first-order valence-corrected chi connectivity index (χ1v) is 3.58. The van der Waals surface area contributed by atoms with Gasteiger partial charge in [0.05, 0.1) is 0 Å². The van der Waals surface area contributed by atoms with Crippen LogP contribution in [0, 0.1) is 0 Å². The summed E-state index contributed by atoms with van der Waals surface area (Å²) in [6, 6.07) is 10.2. The normalized spacial score (nSPS) is 9.70. The van der Waals surface area contributed by atoms with E-state index in [0.29, 0.717) is 0 Å². The molecule has 0 amide bonds. The third-order valence-corrected chi connectivity index (χ3v) is 1.47. The van der Waals surface area contributed by atoms with Gasteiger partial charge in [0, 0.05) is 6.54 Å². The van der Waals surface area contributed by atoms with E-state index < -0.39 is 0 Å². The first kappa shape index (κ1) is 7.29. The Bertz CT molecular complexity index is 169. The van der Waals surface area contributed by atoms with Gasteiger partial charge in [0.25, 0.3) is 0 Å². The van der Waals surface area contributed by atoms with Crippen molar-refractivity contribution >= 4 is 0 Å². The van der Waals surface area contributed by atoms with E-state index in [1.807, 2.05) is 18.2 Å². The Balaban J connectivity index is 2.43. The summed E-state index contributed by atoms with van der Waals surface area (Å²) in [7, 11) is 0. The molecule has 0 aliphatic carbocycles. The van der Waals surface area contributed by atoms with Crippen LogP contribution in [-0.4, -0.2) is 6.54 Å². The molecule has 0 aliphatic heterocycles. The molecule has 0 saturated carbocycles. The van der Waals surface area contributed by atoms with Gasteiger partial charge in [-0.3, -0.25) is 0 Å². The maximum Gasteiger partial charge on any atom is 0.0324 e. The minimum Gasteiger partial charge on any atom is -0.145 e. The molecule has 1 nitrogen and oxygen atoms in total. The largest absolute Gasteiger partial charge is 0.145 e. The van der Waals surface area contributed by atoms with Gasteiger partial charge in [-0.1, -0.05) is 30.3 Å². The zero-order valence-electron chi connectivity index (χ0n) is 5.96. The van der Waals surface area contributed by atoms with Crippen molar-refractivity contribution in [3.8, 4) is 0 Å². The molecule has 0 bridgehead atoms. The summed E-state index contributed by atoms with van der Waals surface area (Å²) in [6.07, 6.45) is 1.85. The lowest BCUT2D eigenvalue weighted by atomic mass is 10.1. The summed E-state index contributed by atoms with van der Waals surface area (Å²) in [4.78, 5) is 0. The Morgan fingerprint density at radius 1 is 1.10 bits per heavy atom. The van der Waals surface area contributed by atoms with Gasteiger partial charge in [-0.25, -0.2) is 0 Å². The second-order valence-corrected chi connectivity index (χ2v) is 2.31. The highest BCUT2D eigenvalue weighted by molar-refractivity contribution is 5.14. The minimum atomic E-state index is 0.287. The molecule has 52 valence electrons. The van der Waals surface area contributed by atoms with Gasteiger partial charge in [0.1, 0.15) is 0 Å². The summed E-state index contributed by atoms with van der Waals surface area (Å²) in [5.74, 6) is 0. The molecule has 1 rings (SSSR count). The summed E-state index contributed by atoms with van der Waals surface area (Å²) in [5.41, 5.74) is 9.83. The maximum atomic E-state index is 8.53. The second kappa shape index (κ2) is 4.07. The second-order valence-electron chi connectivity index (χ2n) is 2.31. The van der Waals surface area contributed by atoms with Crippen LogP contribution in [0.5, 0.6) is 0 Å². The molecular weight excluding hydrogens is 122 g/mol. The minimum absolute atomic E-state index is 0.287. The Labute approximate surface area is 61.9 Å². The molecule has 1 aromatic rings. The van der Waals surface area contributed by atoms with Crippen molar-refractivity contribution in [2.24, 2.45) is 0 Å². The molecule has 0 aliphatic rings. The summed E-state index contributed by atoms with van der Waals surface area (Å²) in [5, 5.41) is 0. The number of aryl methyl sites for hydroxylation is 1. The lowest BCUT2D eigenvalue weighted by Gasteiger charge is -1.95. The number of rotatable bonds is 3. The van der Waals surface area contributed by atoms with Crippen molar-refractivity contribution in [3.63, 3.8) is 0 Å². The molecule has 0 spiro atoms. The topological polar surface area (TPSA) is 22.3 Å². The van der Waals surface area contributed by atoms with Crippen molar-refractivity contribution in [1.82, 2.24) is 5.73 Å². The van der Waals surface area contributed by atoms with E-state index in [2.05, 4.69) is 12.1 Å². The van der Waals surface area contributed by atoms with Crippen LogP contribution in [0.25, 0.3) is 0 Å². The highest BCUT2D eigenvalue weighted by Crippen LogP contribution is 2.00. The van der Waals surface area contributed by atoms with Crippen LogP contribution in [0.15, 0.2) is 30.3 Å². The van der Waals surface area contributed by atoms with Crippen LogP contribution in [-0.2, 0) is 6.42 Å². The Morgan fingerprint density at radius 3 is 2.40 bits per heavy atom. The smallest absolute Gasteiger partial charge is 0.0324 e.